The van der Waals surface area contributed by atoms with E-state index in [0.29, 0.717) is 24.4 Å². The molecule has 33 heavy (non-hydrogen) atoms. The first-order valence-corrected chi connectivity index (χ1v) is 11.0. The Morgan fingerprint density at radius 2 is 1.94 bits per heavy atom. The Morgan fingerprint density at radius 1 is 1.09 bits per heavy atom. The molecule has 1 aliphatic heterocycles. The number of rotatable bonds is 5. The average molecular weight is 445 g/mol. The van der Waals surface area contributed by atoms with Crippen LogP contribution in [-0.2, 0) is 17.8 Å². The average Bonchev–Trinajstić information content (AvgIpc) is 3.29. The van der Waals surface area contributed by atoms with Crippen molar-refractivity contribution < 1.29 is 13.9 Å². The van der Waals surface area contributed by atoms with Gasteiger partial charge in [0.05, 0.1) is 29.3 Å². The van der Waals surface area contributed by atoms with Crippen molar-refractivity contribution in [2.45, 2.75) is 25.6 Å². The van der Waals surface area contributed by atoms with E-state index in [2.05, 4.69) is 10.1 Å². The SMILES string of the molecule is O=C(OCc1ccccc1)N1CC[C@@H](F)[C@@H](Cc2cncc(-c3cnn4ccccc34)n2)C1. The number of amides is 1. The van der Waals surface area contributed by atoms with E-state index in [1.807, 2.05) is 54.7 Å². The number of carbonyl (C=O) groups excluding carboxylic acids is 1. The maximum absolute atomic E-state index is 14.8. The maximum atomic E-state index is 14.8. The van der Waals surface area contributed by atoms with Crippen LogP contribution in [0.3, 0.4) is 0 Å². The summed E-state index contributed by atoms with van der Waals surface area (Å²) < 4.78 is 22.0. The van der Waals surface area contributed by atoms with Gasteiger partial charge in [-0.05, 0) is 30.5 Å². The lowest BCUT2D eigenvalue weighted by atomic mass is 9.92. The fraction of sp³-hybridized carbons (Fsp3) is 0.280. The number of nitrogens with zero attached hydrogens (tertiary/aromatic N) is 5. The lowest BCUT2D eigenvalue weighted by Gasteiger charge is -2.34. The summed E-state index contributed by atoms with van der Waals surface area (Å²) in [6.07, 6.45) is 6.23. The lowest BCUT2D eigenvalue weighted by molar-refractivity contribution is 0.0536. The number of hydrogen-bond acceptors (Lipinski definition) is 5. The Balaban J connectivity index is 1.26. The van der Waals surface area contributed by atoms with Gasteiger partial charge in [-0.3, -0.25) is 4.98 Å². The lowest BCUT2D eigenvalue weighted by Crippen LogP contribution is -2.45. The van der Waals surface area contributed by atoms with Crippen molar-refractivity contribution in [1.29, 1.82) is 0 Å². The topological polar surface area (TPSA) is 72.6 Å². The number of piperidine rings is 1. The number of aromatic nitrogens is 4. The summed E-state index contributed by atoms with van der Waals surface area (Å²) in [7, 11) is 0. The zero-order valence-electron chi connectivity index (χ0n) is 18.0. The second-order valence-electron chi connectivity index (χ2n) is 8.24. The van der Waals surface area contributed by atoms with E-state index < -0.39 is 12.3 Å². The van der Waals surface area contributed by atoms with Crippen LogP contribution in [0.4, 0.5) is 9.18 Å². The Morgan fingerprint density at radius 3 is 2.82 bits per heavy atom. The van der Waals surface area contributed by atoms with Crippen LogP contribution in [0, 0.1) is 5.92 Å². The van der Waals surface area contributed by atoms with Gasteiger partial charge in [0, 0.05) is 37.0 Å². The molecular weight excluding hydrogens is 421 g/mol. The molecule has 8 heteroatoms. The van der Waals surface area contributed by atoms with Gasteiger partial charge in [0.1, 0.15) is 12.8 Å². The first-order chi connectivity index (χ1) is 16.2. The van der Waals surface area contributed by atoms with Gasteiger partial charge in [-0.1, -0.05) is 36.4 Å². The molecule has 0 aliphatic carbocycles. The maximum Gasteiger partial charge on any atom is 0.410 e. The second kappa shape index (κ2) is 9.36. The summed E-state index contributed by atoms with van der Waals surface area (Å²) in [5.74, 6) is -0.364. The molecule has 1 saturated heterocycles. The molecule has 1 aliphatic rings. The second-order valence-corrected chi connectivity index (χ2v) is 8.24. The van der Waals surface area contributed by atoms with Crippen LogP contribution < -0.4 is 0 Å². The molecule has 0 N–H and O–H groups in total. The van der Waals surface area contributed by atoms with Gasteiger partial charge in [-0.25, -0.2) is 18.7 Å². The first kappa shape index (κ1) is 21.1. The largest absolute Gasteiger partial charge is 0.445 e. The molecule has 0 saturated carbocycles. The molecule has 1 amide bonds. The van der Waals surface area contributed by atoms with Crippen molar-refractivity contribution in [3.05, 3.63) is 84.6 Å². The van der Waals surface area contributed by atoms with Gasteiger partial charge in [-0.15, -0.1) is 0 Å². The summed E-state index contributed by atoms with van der Waals surface area (Å²) in [5, 5.41) is 4.35. The predicted molar refractivity (Wildman–Crippen MR) is 121 cm³/mol. The molecule has 4 heterocycles. The van der Waals surface area contributed by atoms with E-state index >= 15 is 0 Å². The van der Waals surface area contributed by atoms with Crippen LogP contribution in [0.25, 0.3) is 16.8 Å². The highest BCUT2D eigenvalue weighted by atomic mass is 19.1. The first-order valence-electron chi connectivity index (χ1n) is 11.0. The van der Waals surface area contributed by atoms with Crippen LogP contribution in [0.2, 0.25) is 0 Å². The van der Waals surface area contributed by atoms with Crippen molar-refractivity contribution in [3.8, 4) is 11.3 Å². The molecule has 0 spiro atoms. The summed E-state index contributed by atoms with van der Waals surface area (Å²) in [5.41, 5.74) is 4.10. The van der Waals surface area contributed by atoms with E-state index in [9.17, 15) is 9.18 Å². The number of benzene rings is 1. The van der Waals surface area contributed by atoms with E-state index in [0.717, 1.165) is 16.6 Å². The summed E-state index contributed by atoms with van der Waals surface area (Å²) in [4.78, 5) is 23.2. The van der Waals surface area contributed by atoms with Crippen LogP contribution in [-0.4, -0.2) is 49.8 Å². The number of pyridine rings is 1. The van der Waals surface area contributed by atoms with Crippen molar-refractivity contribution in [3.63, 3.8) is 0 Å². The number of likely N-dealkylation sites (tertiary alicyclic amines) is 1. The minimum atomic E-state index is -1.01. The highest BCUT2D eigenvalue weighted by molar-refractivity contribution is 5.77. The van der Waals surface area contributed by atoms with E-state index in [-0.39, 0.29) is 25.5 Å². The molecule has 0 unspecified atom stereocenters. The zero-order valence-corrected chi connectivity index (χ0v) is 18.0. The van der Waals surface area contributed by atoms with Gasteiger partial charge in [-0.2, -0.15) is 5.10 Å². The van der Waals surface area contributed by atoms with Crippen LogP contribution in [0.15, 0.2) is 73.3 Å². The third-order valence-electron chi connectivity index (χ3n) is 5.96. The van der Waals surface area contributed by atoms with Gasteiger partial charge < -0.3 is 9.64 Å². The van der Waals surface area contributed by atoms with Crippen LogP contribution in [0.1, 0.15) is 17.7 Å². The highest BCUT2D eigenvalue weighted by Gasteiger charge is 2.32. The molecule has 7 nitrogen and oxygen atoms in total. The van der Waals surface area contributed by atoms with Crippen LogP contribution >= 0.6 is 0 Å². The summed E-state index contributed by atoms with van der Waals surface area (Å²) in [6, 6.07) is 15.3. The number of carbonyl (C=O) groups is 1. The van der Waals surface area contributed by atoms with Crippen molar-refractivity contribution in [2.75, 3.05) is 13.1 Å². The quantitative estimate of drug-likeness (QED) is 0.457. The number of halogens is 1. The molecular formula is C25H24FN5O2. The smallest absolute Gasteiger partial charge is 0.410 e. The summed E-state index contributed by atoms with van der Waals surface area (Å²) >= 11 is 0. The third-order valence-corrected chi connectivity index (χ3v) is 5.96. The Kier molecular flexibility index (Phi) is 5.97. The number of ether oxygens (including phenoxy) is 1. The molecule has 5 rings (SSSR count). The minimum Gasteiger partial charge on any atom is -0.445 e. The van der Waals surface area contributed by atoms with Crippen molar-refractivity contribution in [2.24, 2.45) is 5.92 Å². The molecule has 168 valence electrons. The van der Waals surface area contributed by atoms with E-state index in [4.69, 9.17) is 9.72 Å². The number of fused-ring (bicyclic) bond motifs is 1. The Bertz CT molecular complexity index is 1250. The fourth-order valence-corrected chi connectivity index (χ4v) is 4.21. The molecule has 0 bridgehead atoms. The minimum absolute atomic E-state index is 0.201. The highest BCUT2D eigenvalue weighted by Crippen LogP contribution is 2.26. The monoisotopic (exact) mass is 445 g/mol. The molecule has 3 aromatic heterocycles. The Labute approximate surface area is 190 Å². The zero-order chi connectivity index (χ0) is 22.6. The molecule has 1 fully saturated rings. The van der Waals surface area contributed by atoms with Crippen molar-refractivity contribution >= 4 is 11.6 Å². The van der Waals surface area contributed by atoms with E-state index in [1.165, 1.54) is 0 Å². The number of hydrogen-bond donors (Lipinski definition) is 0. The van der Waals surface area contributed by atoms with Crippen LogP contribution in [0.5, 0.6) is 0 Å². The van der Waals surface area contributed by atoms with Gasteiger partial charge in [0.15, 0.2) is 0 Å². The molecule has 1 aromatic carbocycles. The molecule has 2 atom stereocenters. The van der Waals surface area contributed by atoms with Gasteiger partial charge in [0.2, 0.25) is 0 Å². The molecule has 4 aromatic rings. The summed E-state index contributed by atoms with van der Waals surface area (Å²) in [6.45, 7) is 0.837. The number of alkyl halides is 1. The Hall–Kier alpha value is -3.81. The predicted octanol–water partition coefficient (Wildman–Crippen LogP) is 4.33. The standard InChI is InChI=1S/C25H24FN5O2/c26-22-9-11-30(25(32)33-17-18-6-2-1-3-7-18)16-19(22)12-20-13-27-15-23(29-20)21-14-28-31-10-5-4-8-24(21)31/h1-8,10,13-15,19,22H,9,11-12,16-17H2/t19-,22+/m0/s1. The third kappa shape index (κ3) is 4.69. The van der Waals surface area contributed by atoms with Crippen molar-refractivity contribution in [1.82, 2.24) is 24.5 Å². The van der Waals surface area contributed by atoms with Gasteiger partial charge >= 0.3 is 6.09 Å². The molecule has 0 radical (unpaired) electrons. The van der Waals surface area contributed by atoms with E-state index in [1.54, 1.807) is 28.0 Å². The van der Waals surface area contributed by atoms with Gasteiger partial charge in [0.25, 0.3) is 0 Å². The fourth-order valence-electron chi connectivity index (χ4n) is 4.21. The normalized spacial score (nSPS) is 18.4.